The molecule has 1 atom stereocenters. The third-order valence-electron chi connectivity index (χ3n) is 5.56. The Morgan fingerprint density at radius 1 is 0.800 bits per heavy atom. The molecule has 0 heterocycles. The van der Waals surface area contributed by atoms with Gasteiger partial charge in [0.15, 0.2) is 5.78 Å². The van der Waals surface area contributed by atoms with E-state index in [1.165, 1.54) is 0 Å². The van der Waals surface area contributed by atoms with Crippen molar-refractivity contribution in [3.05, 3.63) is 95.6 Å². The predicted molar refractivity (Wildman–Crippen MR) is 120 cm³/mol. The standard InChI is InChI=1S/C26H29NO3/c1-4-8-24(27)25(28)26(19-9-6-5-7-10-19,20-11-15-22(29-2)16-12-20)21-13-17-23(30-3)18-14-21/h5-7,9-18,24H,4,8,27H2,1-3H3/t24-/m0/s1. The smallest absolute Gasteiger partial charge is 0.168 e. The fourth-order valence-corrected chi connectivity index (χ4v) is 4.02. The van der Waals surface area contributed by atoms with Gasteiger partial charge in [-0.1, -0.05) is 67.9 Å². The minimum atomic E-state index is -1.03. The second kappa shape index (κ2) is 9.59. The highest BCUT2D eigenvalue weighted by Crippen LogP contribution is 2.42. The van der Waals surface area contributed by atoms with Crippen LogP contribution in [0.15, 0.2) is 78.9 Å². The highest BCUT2D eigenvalue weighted by atomic mass is 16.5. The second-order valence-electron chi connectivity index (χ2n) is 7.33. The summed E-state index contributed by atoms with van der Waals surface area (Å²) in [5.74, 6) is 1.45. The van der Waals surface area contributed by atoms with E-state index in [-0.39, 0.29) is 5.78 Å². The number of nitrogens with two attached hydrogens (primary N) is 1. The minimum absolute atomic E-state index is 0.0223. The minimum Gasteiger partial charge on any atom is -0.497 e. The van der Waals surface area contributed by atoms with E-state index in [1.807, 2.05) is 85.8 Å². The van der Waals surface area contributed by atoms with Crippen LogP contribution in [0.3, 0.4) is 0 Å². The van der Waals surface area contributed by atoms with Gasteiger partial charge in [-0.15, -0.1) is 0 Å². The lowest BCUT2D eigenvalue weighted by Crippen LogP contribution is -2.48. The summed E-state index contributed by atoms with van der Waals surface area (Å²) >= 11 is 0. The van der Waals surface area contributed by atoms with Crippen LogP contribution in [0.1, 0.15) is 36.5 Å². The van der Waals surface area contributed by atoms with Crippen molar-refractivity contribution in [3.63, 3.8) is 0 Å². The van der Waals surface area contributed by atoms with E-state index in [1.54, 1.807) is 14.2 Å². The number of benzene rings is 3. The van der Waals surface area contributed by atoms with Crippen molar-refractivity contribution in [1.82, 2.24) is 0 Å². The molecule has 0 unspecified atom stereocenters. The number of rotatable bonds is 9. The maximum Gasteiger partial charge on any atom is 0.168 e. The van der Waals surface area contributed by atoms with Gasteiger partial charge in [0.25, 0.3) is 0 Å². The van der Waals surface area contributed by atoms with Crippen molar-refractivity contribution in [3.8, 4) is 11.5 Å². The zero-order valence-electron chi connectivity index (χ0n) is 17.8. The number of ether oxygens (including phenoxy) is 2. The van der Waals surface area contributed by atoms with Crippen LogP contribution in [0.25, 0.3) is 0 Å². The molecule has 0 saturated carbocycles. The Hall–Kier alpha value is -3.11. The summed E-state index contributed by atoms with van der Waals surface area (Å²) in [6.07, 6.45) is 1.46. The normalized spacial score (nSPS) is 12.3. The largest absolute Gasteiger partial charge is 0.497 e. The molecule has 0 radical (unpaired) electrons. The van der Waals surface area contributed by atoms with Gasteiger partial charge in [-0.05, 0) is 47.4 Å². The Morgan fingerprint density at radius 2 is 1.23 bits per heavy atom. The van der Waals surface area contributed by atoms with Gasteiger partial charge in [-0.25, -0.2) is 0 Å². The van der Waals surface area contributed by atoms with Gasteiger partial charge < -0.3 is 15.2 Å². The number of carbonyl (C=O) groups is 1. The molecule has 0 spiro atoms. The Bertz CT molecular complexity index is 902. The lowest BCUT2D eigenvalue weighted by atomic mass is 9.64. The molecule has 4 heteroatoms. The fraction of sp³-hybridized carbons (Fsp3) is 0.269. The zero-order chi connectivity index (χ0) is 21.6. The maximum atomic E-state index is 14.1. The van der Waals surface area contributed by atoms with E-state index in [0.717, 1.165) is 34.6 Å². The third kappa shape index (κ3) is 3.96. The van der Waals surface area contributed by atoms with E-state index >= 15 is 0 Å². The predicted octanol–water partition coefficient (Wildman–Crippen LogP) is 4.73. The highest BCUT2D eigenvalue weighted by molar-refractivity contribution is 6.01. The van der Waals surface area contributed by atoms with Gasteiger partial charge >= 0.3 is 0 Å². The maximum absolute atomic E-state index is 14.1. The van der Waals surface area contributed by atoms with E-state index < -0.39 is 11.5 Å². The van der Waals surface area contributed by atoms with Gasteiger partial charge in [-0.2, -0.15) is 0 Å². The average Bonchev–Trinajstić information content (AvgIpc) is 2.81. The molecule has 3 aromatic carbocycles. The summed E-state index contributed by atoms with van der Waals surface area (Å²) in [5, 5.41) is 0. The molecule has 156 valence electrons. The molecule has 0 bridgehead atoms. The first-order valence-corrected chi connectivity index (χ1v) is 10.2. The Kier molecular flexibility index (Phi) is 6.91. The van der Waals surface area contributed by atoms with Crippen LogP contribution >= 0.6 is 0 Å². The molecule has 0 amide bonds. The first-order valence-electron chi connectivity index (χ1n) is 10.2. The van der Waals surface area contributed by atoms with E-state index in [9.17, 15) is 4.79 Å². The van der Waals surface area contributed by atoms with Crippen LogP contribution in [-0.4, -0.2) is 26.0 Å². The molecule has 0 fully saturated rings. The third-order valence-corrected chi connectivity index (χ3v) is 5.56. The summed E-state index contributed by atoms with van der Waals surface area (Å²) in [6.45, 7) is 2.04. The second-order valence-corrected chi connectivity index (χ2v) is 7.33. The molecule has 0 aliphatic carbocycles. The number of carbonyl (C=O) groups excluding carboxylic acids is 1. The van der Waals surface area contributed by atoms with Crippen molar-refractivity contribution in [2.75, 3.05) is 14.2 Å². The molecule has 4 nitrogen and oxygen atoms in total. The fourth-order valence-electron chi connectivity index (χ4n) is 4.02. The quantitative estimate of drug-likeness (QED) is 0.525. The van der Waals surface area contributed by atoms with Gasteiger partial charge in [0, 0.05) is 0 Å². The molecule has 30 heavy (non-hydrogen) atoms. The van der Waals surface area contributed by atoms with Crippen molar-refractivity contribution in [1.29, 1.82) is 0 Å². The molecule has 3 rings (SSSR count). The summed E-state index contributed by atoms with van der Waals surface area (Å²) in [7, 11) is 3.26. The number of ketones is 1. The molecule has 0 aliphatic heterocycles. The van der Waals surface area contributed by atoms with Crippen molar-refractivity contribution < 1.29 is 14.3 Å². The van der Waals surface area contributed by atoms with Crippen LogP contribution in [0.2, 0.25) is 0 Å². The topological polar surface area (TPSA) is 61.6 Å². The lowest BCUT2D eigenvalue weighted by Gasteiger charge is -2.36. The van der Waals surface area contributed by atoms with Crippen LogP contribution in [0, 0.1) is 0 Å². The molecular formula is C26H29NO3. The van der Waals surface area contributed by atoms with E-state index in [0.29, 0.717) is 6.42 Å². The Morgan fingerprint density at radius 3 is 1.63 bits per heavy atom. The SMILES string of the molecule is CCC[C@H](N)C(=O)C(c1ccccc1)(c1ccc(OC)cc1)c1ccc(OC)cc1. The highest BCUT2D eigenvalue weighted by Gasteiger charge is 2.45. The number of hydrogen-bond acceptors (Lipinski definition) is 4. The van der Waals surface area contributed by atoms with E-state index in [2.05, 4.69) is 0 Å². The zero-order valence-corrected chi connectivity index (χ0v) is 17.8. The van der Waals surface area contributed by atoms with Gasteiger partial charge in [-0.3, -0.25) is 4.79 Å². The van der Waals surface area contributed by atoms with Crippen LogP contribution < -0.4 is 15.2 Å². The molecule has 0 aromatic heterocycles. The average molecular weight is 404 g/mol. The van der Waals surface area contributed by atoms with Gasteiger partial charge in [0.1, 0.15) is 16.9 Å². The Labute approximate surface area is 178 Å². The summed E-state index contributed by atoms with van der Waals surface area (Å²) < 4.78 is 10.7. The first kappa shape index (κ1) is 21.6. The molecule has 0 saturated heterocycles. The number of methoxy groups -OCH3 is 2. The van der Waals surface area contributed by atoms with E-state index in [4.69, 9.17) is 15.2 Å². The van der Waals surface area contributed by atoms with Gasteiger partial charge in [0.2, 0.25) is 0 Å². The molecule has 2 N–H and O–H groups in total. The number of Topliss-reactive ketones (excluding diaryl/α,β-unsaturated/α-hetero) is 1. The van der Waals surface area contributed by atoms with Crippen LogP contribution in [0.5, 0.6) is 11.5 Å². The first-order chi connectivity index (χ1) is 14.6. The monoisotopic (exact) mass is 403 g/mol. The van der Waals surface area contributed by atoms with Crippen molar-refractivity contribution in [2.24, 2.45) is 5.73 Å². The van der Waals surface area contributed by atoms with Crippen molar-refractivity contribution in [2.45, 2.75) is 31.2 Å². The summed E-state index contributed by atoms with van der Waals surface area (Å²) in [4.78, 5) is 14.1. The number of hydrogen-bond donors (Lipinski definition) is 1. The summed E-state index contributed by atoms with van der Waals surface area (Å²) in [6, 6.07) is 24.6. The molecule has 3 aromatic rings. The molecular weight excluding hydrogens is 374 g/mol. The molecule has 0 aliphatic rings. The van der Waals surface area contributed by atoms with Crippen LogP contribution in [-0.2, 0) is 10.2 Å². The van der Waals surface area contributed by atoms with Gasteiger partial charge in [0.05, 0.1) is 20.3 Å². The lowest BCUT2D eigenvalue weighted by molar-refractivity contribution is -0.123. The summed E-state index contributed by atoms with van der Waals surface area (Å²) in [5.41, 5.74) is 8.01. The van der Waals surface area contributed by atoms with Crippen LogP contribution in [0.4, 0.5) is 0 Å². The Balaban J connectivity index is 2.33. The van der Waals surface area contributed by atoms with Crippen molar-refractivity contribution >= 4 is 5.78 Å².